The number of carbonyl (C=O) groups excluding carboxylic acids is 3. The maximum absolute atomic E-state index is 12.6. The molecule has 30 heavy (non-hydrogen) atoms. The Bertz CT molecular complexity index is 760. The van der Waals surface area contributed by atoms with Crippen LogP contribution in [0.3, 0.4) is 0 Å². The van der Waals surface area contributed by atoms with Gasteiger partial charge < -0.3 is 36.5 Å². The number of hydrogen-bond acceptors (Lipinski definition) is 8. The molecule has 2 rings (SSSR count). The lowest BCUT2D eigenvalue weighted by Gasteiger charge is -2.27. The fourth-order valence-electron chi connectivity index (χ4n) is 3.14. The molecule has 1 aromatic heterocycles. The van der Waals surface area contributed by atoms with Crippen LogP contribution in [-0.2, 0) is 25.6 Å². The first-order chi connectivity index (χ1) is 14.3. The standard InChI is InChI=1S/C17H26N6O6S/c18-10(4-9-5-19-8-20-9)14(25)22-12(7-30)15(26)21-11(6-24)16(27)23-3-1-2-13(23)17(28)29/h5,8,10-13,24,30H,1-4,6-7,18H2,(H,19,20)(H,21,26)(H,22,25)(H,28,29). The summed E-state index contributed by atoms with van der Waals surface area (Å²) in [7, 11) is 0. The third kappa shape index (κ3) is 5.93. The molecule has 1 aromatic rings. The van der Waals surface area contributed by atoms with Gasteiger partial charge in [-0.2, -0.15) is 12.6 Å². The Morgan fingerprint density at radius 1 is 1.30 bits per heavy atom. The van der Waals surface area contributed by atoms with Crippen LogP contribution in [0.15, 0.2) is 12.5 Å². The molecule has 0 saturated carbocycles. The van der Waals surface area contributed by atoms with Crippen LogP contribution < -0.4 is 16.4 Å². The number of aliphatic hydroxyl groups excluding tert-OH is 1. The highest BCUT2D eigenvalue weighted by Crippen LogP contribution is 2.18. The fourth-order valence-corrected chi connectivity index (χ4v) is 3.40. The zero-order chi connectivity index (χ0) is 22.3. The van der Waals surface area contributed by atoms with Crippen LogP contribution in [0.5, 0.6) is 0 Å². The fraction of sp³-hybridized carbons (Fsp3) is 0.588. The maximum Gasteiger partial charge on any atom is 0.326 e. The first-order valence-electron chi connectivity index (χ1n) is 9.37. The number of carbonyl (C=O) groups is 4. The van der Waals surface area contributed by atoms with Crippen molar-refractivity contribution in [1.29, 1.82) is 0 Å². The van der Waals surface area contributed by atoms with E-state index in [2.05, 4.69) is 33.2 Å². The molecular formula is C17H26N6O6S. The number of aromatic nitrogens is 2. The Morgan fingerprint density at radius 2 is 2.00 bits per heavy atom. The van der Waals surface area contributed by atoms with Gasteiger partial charge >= 0.3 is 5.97 Å². The Balaban J connectivity index is 1.95. The number of thiol groups is 1. The van der Waals surface area contributed by atoms with Crippen LogP contribution >= 0.6 is 12.6 Å². The maximum atomic E-state index is 12.6. The second-order valence-electron chi connectivity index (χ2n) is 6.90. The van der Waals surface area contributed by atoms with Crippen LogP contribution in [0.25, 0.3) is 0 Å². The zero-order valence-electron chi connectivity index (χ0n) is 16.2. The Hall–Kier alpha value is -2.64. The average Bonchev–Trinajstić information content (AvgIpc) is 3.41. The van der Waals surface area contributed by atoms with Crippen molar-refractivity contribution in [3.05, 3.63) is 18.2 Å². The minimum atomic E-state index is -1.34. The van der Waals surface area contributed by atoms with Crippen molar-refractivity contribution in [2.45, 2.75) is 43.4 Å². The number of aromatic amines is 1. The zero-order valence-corrected chi connectivity index (χ0v) is 17.0. The number of hydrogen-bond donors (Lipinski definition) is 7. The molecule has 1 aliphatic rings. The Kier molecular flexibility index (Phi) is 8.62. The first-order valence-corrected chi connectivity index (χ1v) is 10.00. The van der Waals surface area contributed by atoms with Gasteiger partial charge in [0.25, 0.3) is 0 Å². The van der Waals surface area contributed by atoms with E-state index in [1.807, 2.05) is 0 Å². The number of aliphatic carboxylic acids is 1. The predicted octanol–water partition coefficient (Wildman–Crippen LogP) is -2.75. The van der Waals surface area contributed by atoms with Gasteiger partial charge in [0.15, 0.2) is 0 Å². The molecule has 12 nitrogen and oxygen atoms in total. The quantitative estimate of drug-likeness (QED) is 0.190. The van der Waals surface area contributed by atoms with Crippen LogP contribution in [-0.4, -0.2) is 91.8 Å². The lowest BCUT2D eigenvalue weighted by Crippen LogP contribution is -2.58. The largest absolute Gasteiger partial charge is 0.480 e. The van der Waals surface area contributed by atoms with Crippen molar-refractivity contribution >= 4 is 36.3 Å². The van der Waals surface area contributed by atoms with E-state index in [0.717, 1.165) is 4.90 Å². The lowest BCUT2D eigenvalue weighted by molar-refractivity contribution is -0.150. The van der Waals surface area contributed by atoms with Gasteiger partial charge in [0.05, 0.1) is 19.0 Å². The highest BCUT2D eigenvalue weighted by Gasteiger charge is 2.38. The van der Waals surface area contributed by atoms with Crippen LogP contribution in [0.4, 0.5) is 0 Å². The minimum absolute atomic E-state index is 0.0812. The molecule has 7 N–H and O–H groups in total. The third-order valence-electron chi connectivity index (χ3n) is 4.77. The SMILES string of the molecule is NC(Cc1cnc[nH]1)C(=O)NC(CS)C(=O)NC(CO)C(=O)N1CCCC1C(=O)O. The number of rotatable bonds is 10. The summed E-state index contributed by atoms with van der Waals surface area (Å²) < 4.78 is 0. The number of nitrogens with zero attached hydrogens (tertiary/aromatic N) is 2. The van der Waals surface area contributed by atoms with Crippen molar-refractivity contribution < 1.29 is 29.4 Å². The second kappa shape index (κ2) is 10.9. The van der Waals surface area contributed by atoms with E-state index in [4.69, 9.17) is 5.73 Å². The minimum Gasteiger partial charge on any atom is -0.480 e. The molecule has 4 unspecified atom stereocenters. The molecule has 3 amide bonds. The Labute approximate surface area is 178 Å². The summed E-state index contributed by atoms with van der Waals surface area (Å²) >= 11 is 4.05. The van der Waals surface area contributed by atoms with Gasteiger partial charge in [-0.05, 0) is 12.8 Å². The molecular weight excluding hydrogens is 416 g/mol. The van der Waals surface area contributed by atoms with Gasteiger partial charge in [-0.15, -0.1) is 0 Å². The summed E-state index contributed by atoms with van der Waals surface area (Å²) in [6.45, 7) is -0.503. The number of nitrogens with two attached hydrogens (primary N) is 1. The van der Waals surface area contributed by atoms with E-state index in [1.165, 1.54) is 12.5 Å². The highest BCUT2D eigenvalue weighted by atomic mass is 32.1. The normalized spacial score (nSPS) is 19.0. The lowest BCUT2D eigenvalue weighted by atomic mass is 10.1. The number of amides is 3. The summed E-state index contributed by atoms with van der Waals surface area (Å²) in [6, 6.07) is -4.39. The van der Waals surface area contributed by atoms with Crippen LogP contribution in [0.2, 0.25) is 0 Å². The second-order valence-corrected chi connectivity index (χ2v) is 7.27. The number of likely N-dealkylation sites (tertiary alicyclic amines) is 1. The van der Waals surface area contributed by atoms with Crippen molar-refractivity contribution in [3.8, 4) is 0 Å². The average molecular weight is 442 g/mol. The van der Waals surface area contributed by atoms with E-state index in [9.17, 15) is 29.4 Å². The van der Waals surface area contributed by atoms with E-state index in [0.29, 0.717) is 18.5 Å². The van der Waals surface area contributed by atoms with E-state index in [1.54, 1.807) is 0 Å². The smallest absolute Gasteiger partial charge is 0.326 e. The van der Waals surface area contributed by atoms with Crippen molar-refractivity contribution in [2.24, 2.45) is 5.73 Å². The molecule has 0 radical (unpaired) electrons. The van der Waals surface area contributed by atoms with E-state index in [-0.39, 0.29) is 18.7 Å². The topological polar surface area (TPSA) is 191 Å². The molecule has 1 aliphatic heterocycles. The van der Waals surface area contributed by atoms with Gasteiger partial charge in [0.2, 0.25) is 17.7 Å². The number of imidazole rings is 1. The van der Waals surface area contributed by atoms with Gasteiger partial charge in [-0.1, -0.05) is 0 Å². The number of aliphatic hydroxyl groups is 1. The van der Waals surface area contributed by atoms with Gasteiger partial charge in [0, 0.05) is 30.6 Å². The van der Waals surface area contributed by atoms with Gasteiger partial charge in [-0.3, -0.25) is 14.4 Å². The Morgan fingerprint density at radius 3 is 2.57 bits per heavy atom. The third-order valence-corrected chi connectivity index (χ3v) is 5.13. The number of nitrogens with one attached hydrogen (secondary N) is 3. The molecule has 13 heteroatoms. The summed E-state index contributed by atoms with van der Waals surface area (Å²) in [5.41, 5.74) is 6.49. The van der Waals surface area contributed by atoms with Crippen LogP contribution in [0.1, 0.15) is 18.5 Å². The van der Waals surface area contributed by atoms with Crippen LogP contribution in [0, 0.1) is 0 Å². The monoisotopic (exact) mass is 442 g/mol. The summed E-state index contributed by atoms with van der Waals surface area (Å²) in [4.78, 5) is 56.5. The summed E-state index contributed by atoms with van der Waals surface area (Å²) in [6.07, 6.45) is 3.96. The summed E-state index contributed by atoms with van der Waals surface area (Å²) in [5, 5.41) is 23.6. The number of H-pyrrole nitrogens is 1. The molecule has 0 aliphatic carbocycles. The molecule has 1 fully saturated rings. The van der Waals surface area contributed by atoms with E-state index >= 15 is 0 Å². The molecule has 1 saturated heterocycles. The summed E-state index contributed by atoms with van der Waals surface area (Å²) in [5.74, 6) is -3.27. The molecule has 4 atom stereocenters. The molecule has 2 heterocycles. The van der Waals surface area contributed by atoms with Crippen molar-refractivity contribution in [2.75, 3.05) is 18.9 Å². The number of carboxylic acids is 1. The number of carboxylic acid groups (broad SMARTS) is 1. The molecule has 0 bridgehead atoms. The van der Waals surface area contributed by atoms with Gasteiger partial charge in [-0.25, -0.2) is 9.78 Å². The predicted molar refractivity (Wildman–Crippen MR) is 107 cm³/mol. The molecule has 166 valence electrons. The molecule has 0 spiro atoms. The molecule has 0 aromatic carbocycles. The van der Waals surface area contributed by atoms with E-state index < -0.39 is 54.5 Å². The first kappa shape index (κ1) is 23.6. The van der Waals surface area contributed by atoms with Crippen molar-refractivity contribution in [3.63, 3.8) is 0 Å². The highest BCUT2D eigenvalue weighted by molar-refractivity contribution is 7.80. The van der Waals surface area contributed by atoms with Gasteiger partial charge in [0.1, 0.15) is 18.1 Å². The van der Waals surface area contributed by atoms with Crippen molar-refractivity contribution in [1.82, 2.24) is 25.5 Å².